The van der Waals surface area contributed by atoms with Crippen molar-refractivity contribution in [2.45, 2.75) is 13.5 Å². The van der Waals surface area contributed by atoms with Gasteiger partial charge in [0.1, 0.15) is 23.9 Å². The summed E-state index contributed by atoms with van der Waals surface area (Å²) in [5.74, 6) is 1.01. The number of nitrogen functional groups attached to an aromatic ring is 1. The van der Waals surface area contributed by atoms with Crippen LogP contribution in [0.5, 0.6) is 11.5 Å². The Bertz CT molecular complexity index is 558. The van der Waals surface area contributed by atoms with Crippen LogP contribution in [-0.4, -0.2) is 6.61 Å². The van der Waals surface area contributed by atoms with E-state index in [2.05, 4.69) is 0 Å². The molecular weight excluding hydrogens is 245 g/mol. The SMILES string of the molecule is CCOc1cccc(OCc2ccc(N)c(F)c2)c1. The van der Waals surface area contributed by atoms with Gasteiger partial charge in [-0.15, -0.1) is 0 Å². The average molecular weight is 261 g/mol. The van der Waals surface area contributed by atoms with Crippen LogP contribution in [0.2, 0.25) is 0 Å². The van der Waals surface area contributed by atoms with Crippen molar-refractivity contribution in [2.75, 3.05) is 12.3 Å². The fraction of sp³-hybridized carbons (Fsp3) is 0.200. The van der Waals surface area contributed by atoms with Crippen LogP contribution in [0, 0.1) is 5.82 Å². The van der Waals surface area contributed by atoms with Gasteiger partial charge in [-0.2, -0.15) is 0 Å². The lowest BCUT2D eigenvalue weighted by atomic mass is 10.2. The minimum Gasteiger partial charge on any atom is -0.494 e. The van der Waals surface area contributed by atoms with Crippen LogP contribution in [-0.2, 0) is 6.61 Å². The van der Waals surface area contributed by atoms with E-state index in [1.54, 1.807) is 12.1 Å². The van der Waals surface area contributed by atoms with Crippen molar-refractivity contribution in [3.63, 3.8) is 0 Å². The van der Waals surface area contributed by atoms with Crippen molar-refractivity contribution in [3.05, 3.63) is 53.8 Å². The van der Waals surface area contributed by atoms with Gasteiger partial charge in [0, 0.05) is 6.07 Å². The molecule has 0 radical (unpaired) electrons. The van der Waals surface area contributed by atoms with Crippen molar-refractivity contribution in [1.82, 2.24) is 0 Å². The first-order chi connectivity index (χ1) is 9.19. The molecule has 0 saturated carbocycles. The van der Waals surface area contributed by atoms with Crippen LogP contribution < -0.4 is 15.2 Å². The van der Waals surface area contributed by atoms with E-state index in [1.165, 1.54) is 12.1 Å². The molecule has 0 fully saturated rings. The molecule has 2 N–H and O–H groups in total. The lowest BCUT2D eigenvalue weighted by molar-refractivity contribution is 0.299. The fourth-order valence-corrected chi connectivity index (χ4v) is 1.65. The van der Waals surface area contributed by atoms with Crippen molar-refractivity contribution in [3.8, 4) is 11.5 Å². The second-order valence-electron chi connectivity index (χ2n) is 4.05. The molecule has 0 atom stereocenters. The monoisotopic (exact) mass is 261 g/mol. The van der Waals surface area contributed by atoms with E-state index in [0.717, 1.165) is 11.3 Å². The average Bonchev–Trinajstić information content (AvgIpc) is 2.41. The Labute approximate surface area is 111 Å². The molecule has 100 valence electrons. The molecule has 4 heteroatoms. The van der Waals surface area contributed by atoms with Gasteiger partial charge in [-0.1, -0.05) is 12.1 Å². The van der Waals surface area contributed by atoms with Crippen LogP contribution in [0.3, 0.4) is 0 Å². The zero-order valence-electron chi connectivity index (χ0n) is 10.7. The van der Waals surface area contributed by atoms with Crippen LogP contribution in [0.25, 0.3) is 0 Å². The lowest BCUT2D eigenvalue weighted by Crippen LogP contribution is -1.98. The minimum absolute atomic E-state index is 0.141. The Hall–Kier alpha value is -2.23. The summed E-state index contributed by atoms with van der Waals surface area (Å²) in [6.07, 6.45) is 0. The Morgan fingerprint density at radius 1 is 1.05 bits per heavy atom. The molecule has 0 heterocycles. The molecular formula is C15H16FNO2. The number of ether oxygens (including phenoxy) is 2. The topological polar surface area (TPSA) is 44.5 Å². The summed E-state index contributed by atoms with van der Waals surface area (Å²) in [4.78, 5) is 0. The third-order valence-electron chi connectivity index (χ3n) is 2.59. The third-order valence-corrected chi connectivity index (χ3v) is 2.59. The first kappa shape index (κ1) is 13.2. The largest absolute Gasteiger partial charge is 0.494 e. The standard InChI is InChI=1S/C15H16FNO2/c1-2-18-12-4-3-5-13(9-12)19-10-11-6-7-15(17)14(16)8-11/h3-9H,2,10,17H2,1H3. The Kier molecular flexibility index (Phi) is 4.23. The predicted octanol–water partition coefficient (Wildman–Crippen LogP) is 3.39. The van der Waals surface area contributed by atoms with Gasteiger partial charge >= 0.3 is 0 Å². The van der Waals surface area contributed by atoms with Crippen LogP contribution >= 0.6 is 0 Å². The molecule has 3 nitrogen and oxygen atoms in total. The number of hydrogen-bond acceptors (Lipinski definition) is 3. The smallest absolute Gasteiger partial charge is 0.146 e. The van der Waals surface area contributed by atoms with Gasteiger partial charge in [0.25, 0.3) is 0 Å². The summed E-state index contributed by atoms with van der Waals surface area (Å²) in [6, 6.07) is 12.0. The molecule has 2 aromatic rings. The van der Waals surface area contributed by atoms with Gasteiger partial charge in [-0.25, -0.2) is 4.39 Å². The van der Waals surface area contributed by atoms with Gasteiger partial charge in [-0.3, -0.25) is 0 Å². The first-order valence-corrected chi connectivity index (χ1v) is 6.08. The quantitative estimate of drug-likeness (QED) is 0.839. The minimum atomic E-state index is -0.427. The third kappa shape index (κ3) is 3.61. The van der Waals surface area contributed by atoms with Gasteiger partial charge in [0.2, 0.25) is 0 Å². The zero-order chi connectivity index (χ0) is 13.7. The Morgan fingerprint density at radius 2 is 1.79 bits per heavy atom. The normalized spacial score (nSPS) is 10.2. The van der Waals surface area contributed by atoms with E-state index >= 15 is 0 Å². The number of rotatable bonds is 5. The number of benzene rings is 2. The number of hydrogen-bond donors (Lipinski definition) is 1. The van der Waals surface area contributed by atoms with Crippen molar-refractivity contribution >= 4 is 5.69 Å². The van der Waals surface area contributed by atoms with Crippen molar-refractivity contribution in [2.24, 2.45) is 0 Å². The summed E-state index contributed by atoms with van der Waals surface area (Å²) in [5.41, 5.74) is 6.29. The lowest BCUT2D eigenvalue weighted by Gasteiger charge is -2.09. The van der Waals surface area contributed by atoms with Crippen LogP contribution in [0.15, 0.2) is 42.5 Å². The molecule has 0 spiro atoms. The van der Waals surface area contributed by atoms with Crippen LogP contribution in [0.1, 0.15) is 12.5 Å². The maximum Gasteiger partial charge on any atom is 0.146 e. The van der Waals surface area contributed by atoms with Gasteiger partial charge in [0.05, 0.1) is 12.3 Å². The predicted molar refractivity (Wildman–Crippen MR) is 72.8 cm³/mol. The number of nitrogens with two attached hydrogens (primary N) is 1. The van der Waals surface area contributed by atoms with Crippen molar-refractivity contribution < 1.29 is 13.9 Å². The molecule has 19 heavy (non-hydrogen) atoms. The van der Waals surface area contributed by atoms with E-state index in [4.69, 9.17) is 15.2 Å². The molecule has 0 aromatic heterocycles. The molecule has 2 rings (SSSR count). The van der Waals surface area contributed by atoms with Gasteiger partial charge in [0.15, 0.2) is 0 Å². The molecule has 0 aliphatic carbocycles. The summed E-state index contributed by atoms with van der Waals surface area (Å²) >= 11 is 0. The van der Waals surface area contributed by atoms with Gasteiger partial charge < -0.3 is 15.2 Å². The van der Waals surface area contributed by atoms with E-state index in [-0.39, 0.29) is 12.3 Å². The van der Waals surface area contributed by atoms with E-state index in [9.17, 15) is 4.39 Å². The maximum atomic E-state index is 13.3. The Morgan fingerprint density at radius 3 is 2.47 bits per heavy atom. The summed E-state index contributed by atoms with van der Waals surface area (Å²) in [6.45, 7) is 2.81. The summed E-state index contributed by atoms with van der Waals surface area (Å²) in [5, 5.41) is 0. The molecule has 0 amide bonds. The highest BCUT2D eigenvalue weighted by Gasteiger charge is 2.02. The molecule has 0 bridgehead atoms. The van der Waals surface area contributed by atoms with E-state index < -0.39 is 5.82 Å². The number of anilines is 1. The second-order valence-corrected chi connectivity index (χ2v) is 4.05. The van der Waals surface area contributed by atoms with E-state index in [1.807, 2.05) is 25.1 Å². The molecule has 0 saturated heterocycles. The number of halogens is 1. The highest BCUT2D eigenvalue weighted by atomic mass is 19.1. The van der Waals surface area contributed by atoms with E-state index in [0.29, 0.717) is 12.4 Å². The fourth-order valence-electron chi connectivity index (χ4n) is 1.65. The highest BCUT2D eigenvalue weighted by Crippen LogP contribution is 2.21. The summed E-state index contributed by atoms with van der Waals surface area (Å²) < 4.78 is 24.2. The van der Waals surface area contributed by atoms with Gasteiger partial charge in [-0.05, 0) is 36.8 Å². The maximum absolute atomic E-state index is 13.3. The summed E-state index contributed by atoms with van der Waals surface area (Å²) in [7, 11) is 0. The highest BCUT2D eigenvalue weighted by molar-refractivity contribution is 5.41. The second kappa shape index (κ2) is 6.09. The molecule has 0 unspecified atom stereocenters. The molecule has 0 aliphatic rings. The first-order valence-electron chi connectivity index (χ1n) is 6.08. The molecule has 2 aromatic carbocycles. The zero-order valence-corrected chi connectivity index (χ0v) is 10.7. The van der Waals surface area contributed by atoms with Crippen LogP contribution in [0.4, 0.5) is 10.1 Å². The Balaban J connectivity index is 2.01. The van der Waals surface area contributed by atoms with Crippen molar-refractivity contribution in [1.29, 1.82) is 0 Å². The molecule has 0 aliphatic heterocycles.